The van der Waals surface area contributed by atoms with E-state index < -0.39 is 0 Å². The number of benzene rings is 2. The van der Waals surface area contributed by atoms with Crippen molar-refractivity contribution in [2.24, 2.45) is 0 Å². The first-order valence-electron chi connectivity index (χ1n) is 9.90. The Hall–Kier alpha value is -3.78. The van der Waals surface area contributed by atoms with Gasteiger partial charge in [0.1, 0.15) is 12.7 Å². The van der Waals surface area contributed by atoms with Crippen molar-refractivity contribution in [2.45, 2.75) is 13.0 Å². The molecule has 4 aromatic rings. The summed E-state index contributed by atoms with van der Waals surface area (Å²) in [6.07, 6.45) is 3.93. The second kappa shape index (κ2) is 8.16. The fourth-order valence-corrected chi connectivity index (χ4v) is 4.50. The van der Waals surface area contributed by atoms with Gasteiger partial charge < -0.3 is 10.2 Å². The molecule has 0 saturated carbocycles. The summed E-state index contributed by atoms with van der Waals surface area (Å²) in [7, 11) is 0. The zero-order valence-corrected chi connectivity index (χ0v) is 17.4. The lowest BCUT2D eigenvalue weighted by molar-refractivity contribution is 0.0739. The lowest BCUT2D eigenvalue weighted by atomic mass is 10.00. The largest absolute Gasteiger partial charge is 0.333 e. The molecule has 2 aromatic heterocycles. The van der Waals surface area contributed by atoms with Crippen LogP contribution in [0.15, 0.2) is 73.3 Å². The van der Waals surface area contributed by atoms with E-state index in [0.29, 0.717) is 28.5 Å². The topological polar surface area (TPSA) is 80.1 Å². The Morgan fingerprint density at radius 1 is 0.935 bits per heavy atom. The maximum atomic E-state index is 12.9. The molecule has 0 unspecified atom stereocenters. The number of aromatic nitrogens is 3. The third-order valence-corrected chi connectivity index (χ3v) is 6.34. The van der Waals surface area contributed by atoms with E-state index in [1.807, 2.05) is 29.2 Å². The molecule has 8 heteroatoms. The lowest BCUT2D eigenvalue weighted by Crippen LogP contribution is -2.35. The van der Waals surface area contributed by atoms with Crippen LogP contribution in [0.4, 0.5) is 5.69 Å². The Morgan fingerprint density at radius 3 is 2.48 bits per heavy atom. The van der Waals surface area contributed by atoms with Gasteiger partial charge in [-0.1, -0.05) is 24.3 Å². The normalized spacial score (nSPS) is 13.0. The van der Waals surface area contributed by atoms with Crippen LogP contribution in [0.25, 0.3) is 5.69 Å². The molecule has 31 heavy (non-hydrogen) atoms. The number of rotatable bonds is 4. The summed E-state index contributed by atoms with van der Waals surface area (Å²) >= 11 is 1.22. The van der Waals surface area contributed by atoms with Gasteiger partial charge in [0.25, 0.3) is 11.8 Å². The van der Waals surface area contributed by atoms with Crippen molar-refractivity contribution in [1.29, 1.82) is 0 Å². The summed E-state index contributed by atoms with van der Waals surface area (Å²) in [4.78, 5) is 32.4. The highest BCUT2D eigenvalue weighted by Crippen LogP contribution is 2.24. The number of nitrogens with zero attached hydrogens (tertiary/aromatic N) is 4. The quantitative estimate of drug-likeness (QED) is 0.535. The van der Waals surface area contributed by atoms with Crippen LogP contribution in [0.2, 0.25) is 0 Å². The third kappa shape index (κ3) is 3.97. The van der Waals surface area contributed by atoms with Crippen LogP contribution in [0.1, 0.15) is 30.5 Å². The van der Waals surface area contributed by atoms with Crippen molar-refractivity contribution in [3.8, 4) is 5.69 Å². The summed E-state index contributed by atoms with van der Waals surface area (Å²) in [6.45, 7) is 1.29. The van der Waals surface area contributed by atoms with Gasteiger partial charge in [-0.05, 0) is 53.9 Å². The minimum absolute atomic E-state index is 0.0317. The van der Waals surface area contributed by atoms with Gasteiger partial charge in [-0.15, -0.1) is 11.3 Å². The molecule has 0 fully saturated rings. The van der Waals surface area contributed by atoms with Gasteiger partial charge in [-0.2, -0.15) is 5.10 Å². The first-order valence-corrected chi connectivity index (χ1v) is 10.7. The molecule has 0 bridgehead atoms. The van der Waals surface area contributed by atoms with Crippen molar-refractivity contribution < 1.29 is 9.59 Å². The van der Waals surface area contributed by atoms with E-state index in [2.05, 4.69) is 27.5 Å². The monoisotopic (exact) mass is 429 g/mol. The smallest absolute Gasteiger partial charge is 0.265 e. The molecular formula is C23H19N5O2S. The van der Waals surface area contributed by atoms with Gasteiger partial charge in [0.15, 0.2) is 0 Å². The van der Waals surface area contributed by atoms with Gasteiger partial charge in [0.2, 0.25) is 0 Å². The molecule has 0 spiro atoms. The van der Waals surface area contributed by atoms with Crippen molar-refractivity contribution >= 4 is 28.8 Å². The number of amides is 2. The molecule has 3 heterocycles. The van der Waals surface area contributed by atoms with Crippen molar-refractivity contribution in [3.05, 3.63) is 94.2 Å². The van der Waals surface area contributed by atoms with E-state index in [0.717, 1.165) is 12.1 Å². The van der Waals surface area contributed by atoms with Crippen LogP contribution in [-0.2, 0) is 13.0 Å². The molecule has 7 nitrogen and oxygen atoms in total. The Bertz CT molecular complexity index is 1230. The maximum absolute atomic E-state index is 12.9. The second-order valence-corrected chi connectivity index (χ2v) is 8.33. The summed E-state index contributed by atoms with van der Waals surface area (Å²) in [5.74, 6) is -0.266. The van der Waals surface area contributed by atoms with Crippen molar-refractivity contribution in [1.82, 2.24) is 19.7 Å². The molecular weight excluding hydrogens is 410 g/mol. The number of carbonyl (C=O) groups is 2. The van der Waals surface area contributed by atoms with Gasteiger partial charge in [-0.25, -0.2) is 9.67 Å². The first kappa shape index (κ1) is 19.2. The molecule has 1 N–H and O–H groups in total. The predicted octanol–water partition coefficient (Wildman–Crippen LogP) is 3.78. The summed E-state index contributed by atoms with van der Waals surface area (Å²) in [6, 6.07) is 19.0. The highest BCUT2D eigenvalue weighted by atomic mass is 32.1. The molecule has 5 rings (SSSR count). The summed E-state index contributed by atoms with van der Waals surface area (Å²) in [5, 5.41) is 6.96. The third-order valence-electron chi connectivity index (χ3n) is 5.27. The molecule has 2 amide bonds. The SMILES string of the molecule is O=C(Nc1ccc(-n2cncn2)cc1)c1ccc(C(=O)N2CCc3ccccc3C2)s1. The Balaban J connectivity index is 1.25. The number of nitrogens with one attached hydrogen (secondary N) is 1. The van der Waals surface area contributed by atoms with Crippen LogP contribution in [0, 0.1) is 0 Å². The molecule has 154 valence electrons. The van der Waals surface area contributed by atoms with E-state index in [1.165, 1.54) is 28.8 Å². The molecule has 1 aliphatic heterocycles. The molecule has 0 radical (unpaired) electrons. The molecule has 0 aliphatic carbocycles. The summed E-state index contributed by atoms with van der Waals surface area (Å²) in [5.41, 5.74) is 4.00. The molecule has 0 atom stereocenters. The highest BCUT2D eigenvalue weighted by Gasteiger charge is 2.23. The molecule has 2 aromatic carbocycles. The minimum atomic E-state index is -0.235. The van der Waals surface area contributed by atoms with E-state index >= 15 is 0 Å². The van der Waals surface area contributed by atoms with Crippen LogP contribution in [-0.4, -0.2) is 38.0 Å². The minimum Gasteiger partial charge on any atom is -0.333 e. The second-order valence-electron chi connectivity index (χ2n) is 7.25. The van der Waals surface area contributed by atoms with Gasteiger partial charge in [-0.3, -0.25) is 9.59 Å². The number of hydrogen-bond donors (Lipinski definition) is 1. The fourth-order valence-electron chi connectivity index (χ4n) is 3.63. The Labute approximate surface area is 183 Å². The van der Waals surface area contributed by atoms with Crippen LogP contribution < -0.4 is 5.32 Å². The zero-order valence-electron chi connectivity index (χ0n) is 16.6. The van der Waals surface area contributed by atoms with E-state index in [9.17, 15) is 9.59 Å². The van der Waals surface area contributed by atoms with Gasteiger partial charge in [0, 0.05) is 18.8 Å². The zero-order chi connectivity index (χ0) is 21.2. The standard InChI is InChI=1S/C23H19N5O2S/c29-22(26-18-5-7-19(8-6-18)28-15-24-14-25-28)20-9-10-21(31-20)23(30)27-12-11-16-3-1-2-4-17(16)13-27/h1-10,14-15H,11-13H2,(H,26,29). The summed E-state index contributed by atoms with van der Waals surface area (Å²) < 4.78 is 1.64. The number of hydrogen-bond acceptors (Lipinski definition) is 5. The highest BCUT2D eigenvalue weighted by molar-refractivity contribution is 7.16. The average molecular weight is 430 g/mol. The average Bonchev–Trinajstić information content (AvgIpc) is 3.51. The Morgan fingerprint density at radius 2 is 1.71 bits per heavy atom. The molecule has 0 saturated heterocycles. The van der Waals surface area contributed by atoms with Crippen molar-refractivity contribution in [2.75, 3.05) is 11.9 Å². The predicted molar refractivity (Wildman–Crippen MR) is 119 cm³/mol. The van der Waals surface area contributed by atoms with Gasteiger partial charge >= 0.3 is 0 Å². The van der Waals surface area contributed by atoms with E-state index in [4.69, 9.17) is 0 Å². The number of thiophene rings is 1. The Kier molecular flexibility index (Phi) is 5.05. The first-order chi connectivity index (χ1) is 15.2. The number of carbonyl (C=O) groups excluding carboxylic acids is 2. The van der Waals surface area contributed by atoms with Gasteiger partial charge in [0.05, 0.1) is 15.4 Å². The maximum Gasteiger partial charge on any atom is 0.265 e. The lowest BCUT2D eigenvalue weighted by Gasteiger charge is -2.28. The number of anilines is 1. The van der Waals surface area contributed by atoms with Crippen molar-refractivity contribution in [3.63, 3.8) is 0 Å². The fraction of sp³-hybridized carbons (Fsp3) is 0.130. The molecule has 1 aliphatic rings. The van der Waals surface area contributed by atoms with Crippen LogP contribution >= 0.6 is 11.3 Å². The van der Waals surface area contributed by atoms with E-state index in [1.54, 1.807) is 35.3 Å². The van der Waals surface area contributed by atoms with Crippen LogP contribution in [0.3, 0.4) is 0 Å². The number of fused-ring (bicyclic) bond motifs is 1. The van der Waals surface area contributed by atoms with E-state index in [-0.39, 0.29) is 11.8 Å². The van der Waals surface area contributed by atoms with Crippen LogP contribution in [0.5, 0.6) is 0 Å².